The van der Waals surface area contributed by atoms with Crippen molar-refractivity contribution in [2.24, 2.45) is 0 Å². The van der Waals surface area contributed by atoms with Crippen LogP contribution >= 0.6 is 0 Å². The summed E-state index contributed by atoms with van der Waals surface area (Å²) in [5, 5.41) is 4.38. The second kappa shape index (κ2) is 7.30. The predicted molar refractivity (Wildman–Crippen MR) is 95.0 cm³/mol. The summed E-state index contributed by atoms with van der Waals surface area (Å²) >= 11 is 0. The van der Waals surface area contributed by atoms with E-state index in [0.29, 0.717) is 18.1 Å². The summed E-state index contributed by atoms with van der Waals surface area (Å²) in [5.74, 6) is 0.602. The lowest BCUT2D eigenvalue weighted by atomic mass is 10.4. The first-order chi connectivity index (χ1) is 11.6. The first-order valence-electron chi connectivity index (χ1n) is 7.96. The molecule has 0 saturated carbocycles. The van der Waals surface area contributed by atoms with E-state index in [1.807, 2.05) is 13.8 Å². The van der Waals surface area contributed by atoms with Crippen molar-refractivity contribution in [3.63, 3.8) is 0 Å². The molecule has 8 nitrogen and oxygen atoms in total. The van der Waals surface area contributed by atoms with Crippen LogP contribution in [-0.2, 0) is 23.1 Å². The molecule has 0 N–H and O–H groups in total. The van der Waals surface area contributed by atoms with Gasteiger partial charge in [-0.1, -0.05) is 6.92 Å². The number of nitrogens with zero attached hydrogens (tertiary/aromatic N) is 4. The van der Waals surface area contributed by atoms with Gasteiger partial charge < -0.3 is 9.32 Å². The van der Waals surface area contributed by atoms with E-state index in [4.69, 9.17) is 4.42 Å². The van der Waals surface area contributed by atoms with E-state index >= 15 is 0 Å². The first kappa shape index (κ1) is 19.0. The average molecular weight is 368 g/mol. The van der Waals surface area contributed by atoms with E-state index in [1.165, 1.54) is 9.21 Å². The molecule has 0 fully saturated rings. The molecule has 0 unspecified atom stereocenters. The number of anilines is 1. The zero-order valence-corrected chi connectivity index (χ0v) is 16.0. The molecule has 138 valence electrons. The fourth-order valence-corrected chi connectivity index (χ4v) is 3.15. The van der Waals surface area contributed by atoms with Gasteiger partial charge in [0.25, 0.3) is 5.91 Å². The van der Waals surface area contributed by atoms with Gasteiger partial charge in [-0.2, -0.15) is 5.10 Å². The molecule has 2 aromatic heterocycles. The van der Waals surface area contributed by atoms with Crippen molar-refractivity contribution in [2.45, 2.75) is 33.4 Å². The lowest BCUT2D eigenvalue weighted by molar-refractivity contribution is 0.0795. The standard InChI is InChI=1S/C16H24N4O4S/c1-6-9-19-12(2)10-15(17-19)20(25(5,22)23)11-13-7-8-14(24-13)16(21)18(3)4/h7-8,10H,6,9,11H2,1-5H3. The number of rotatable bonds is 7. The van der Waals surface area contributed by atoms with Gasteiger partial charge in [-0.25, -0.2) is 12.7 Å². The van der Waals surface area contributed by atoms with Gasteiger partial charge in [0.2, 0.25) is 10.0 Å². The smallest absolute Gasteiger partial charge is 0.289 e. The lowest BCUT2D eigenvalue weighted by Gasteiger charge is -2.18. The average Bonchev–Trinajstić information content (AvgIpc) is 3.10. The second-order valence-electron chi connectivity index (χ2n) is 6.10. The number of hydrogen-bond donors (Lipinski definition) is 0. The Hall–Kier alpha value is -2.29. The van der Waals surface area contributed by atoms with Crippen LogP contribution < -0.4 is 4.31 Å². The van der Waals surface area contributed by atoms with Crippen LogP contribution in [0.2, 0.25) is 0 Å². The third-order valence-electron chi connectivity index (χ3n) is 3.64. The van der Waals surface area contributed by atoms with Crippen LogP contribution in [0.3, 0.4) is 0 Å². The van der Waals surface area contributed by atoms with E-state index in [9.17, 15) is 13.2 Å². The van der Waals surface area contributed by atoms with Gasteiger partial charge in [0.05, 0.1) is 12.8 Å². The fourth-order valence-electron chi connectivity index (χ4n) is 2.36. The number of aryl methyl sites for hydroxylation is 2. The van der Waals surface area contributed by atoms with Gasteiger partial charge in [0, 0.05) is 32.4 Å². The normalized spacial score (nSPS) is 11.6. The largest absolute Gasteiger partial charge is 0.454 e. The van der Waals surface area contributed by atoms with Gasteiger partial charge in [-0.05, 0) is 25.5 Å². The molecule has 0 atom stereocenters. The maximum atomic E-state index is 12.2. The summed E-state index contributed by atoms with van der Waals surface area (Å²) in [5.41, 5.74) is 0.883. The first-order valence-corrected chi connectivity index (χ1v) is 9.80. The van der Waals surface area contributed by atoms with Crippen LogP contribution in [0.4, 0.5) is 5.82 Å². The highest BCUT2D eigenvalue weighted by molar-refractivity contribution is 7.92. The van der Waals surface area contributed by atoms with Crippen LogP contribution in [0, 0.1) is 6.92 Å². The highest BCUT2D eigenvalue weighted by atomic mass is 32.2. The summed E-state index contributed by atoms with van der Waals surface area (Å²) < 4.78 is 32.9. The van der Waals surface area contributed by atoms with Crippen LogP contribution in [-0.4, -0.2) is 49.4 Å². The molecule has 0 spiro atoms. The monoisotopic (exact) mass is 368 g/mol. The van der Waals surface area contributed by atoms with Crippen molar-refractivity contribution in [1.82, 2.24) is 14.7 Å². The van der Waals surface area contributed by atoms with Gasteiger partial charge in [0.15, 0.2) is 11.6 Å². The number of furan rings is 1. The van der Waals surface area contributed by atoms with Gasteiger partial charge >= 0.3 is 0 Å². The highest BCUT2D eigenvalue weighted by Crippen LogP contribution is 2.22. The molecule has 0 radical (unpaired) electrons. The Kier molecular flexibility index (Phi) is 5.56. The maximum absolute atomic E-state index is 12.2. The van der Waals surface area contributed by atoms with E-state index in [1.54, 1.807) is 37.0 Å². The molecule has 25 heavy (non-hydrogen) atoms. The molecule has 2 aromatic rings. The van der Waals surface area contributed by atoms with Crippen molar-refractivity contribution in [1.29, 1.82) is 0 Å². The van der Waals surface area contributed by atoms with E-state index in [-0.39, 0.29) is 18.2 Å². The Balaban J connectivity index is 2.31. The van der Waals surface area contributed by atoms with E-state index in [0.717, 1.165) is 18.4 Å². The Bertz CT molecular complexity index is 851. The van der Waals surface area contributed by atoms with Crippen molar-refractivity contribution in [3.05, 3.63) is 35.4 Å². The molecule has 2 heterocycles. The third kappa shape index (κ3) is 4.41. The molecule has 0 aliphatic heterocycles. The molecule has 0 aliphatic carbocycles. The minimum Gasteiger partial charge on any atom is -0.454 e. The summed E-state index contributed by atoms with van der Waals surface area (Å²) in [6.07, 6.45) is 2.02. The van der Waals surface area contributed by atoms with Gasteiger partial charge in [0.1, 0.15) is 5.76 Å². The summed E-state index contributed by atoms with van der Waals surface area (Å²) in [6, 6.07) is 4.87. The number of aromatic nitrogens is 2. The molecule has 2 rings (SSSR count). The van der Waals surface area contributed by atoms with E-state index in [2.05, 4.69) is 5.10 Å². The second-order valence-corrected chi connectivity index (χ2v) is 8.01. The summed E-state index contributed by atoms with van der Waals surface area (Å²) in [7, 11) is -0.317. The Morgan fingerprint density at radius 2 is 2.00 bits per heavy atom. The minimum atomic E-state index is -3.56. The Labute approximate surface area is 148 Å². The topological polar surface area (TPSA) is 88.7 Å². The summed E-state index contributed by atoms with van der Waals surface area (Å²) in [6.45, 7) is 4.60. The zero-order chi connectivity index (χ0) is 18.8. The molecule has 0 aliphatic rings. The molecular weight excluding hydrogens is 344 g/mol. The maximum Gasteiger partial charge on any atom is 0.289 e. The quantitative estimate of drug-likeness (QED) is 0.744. The SMILES string of the molecule is CCCn1nc(N(Cc2ccc(C(=O)N(C)C)o2)S(C)(=O)=O)cc1C. The summed E-state index contributed by atoms with van der Waals surface area (Å²) in [4.78, 5) is 13.3. The van der Waals surface area contributed by atoms with Crippen molar-refractivity contribution < 1.29 is 17.6 Å². The van der Waals surface area contributed by atoms with Crippen molar-refractivity contribution in [2.75, 3.05) is 24.7 Å². The van der Waals surface area contributed by atoms with E-state index < -0.39 is 10.0 Å². The fraction of sp³-hybridized carbons (Fsp3) is 0.500. The Morgan fingerprint density at radius 3 is 2.56 bits per heavy atom. The number of hydrogen-bond acceptors (Lipinski definition) is 5. The van der Waals surface area contributed by atoms with Gasteiger partial charge in [-0.3, -0.25) is 9.48 Å². The highest BCUT2D eigenvalue weighted by Gasteiger charge is 2.23. The van der Waals surface area contributed by atoms with Crippen molar-refractivity contribution >= 4 is 21.7 Å². The number of carbonyl (C=O) groups is 1. The van der Waals surface area contributed by atoms with Gasteiger partial charge in [-0.15, -0.1) is 0 Å². The molecular formula is C16H24N4O4S. The molecule has 0 aromatic carbocycles. The van der Waals surface area contributed by atoms with Crippen LogP contribution in [0.15, 0.2) is 22.6 Å². The molecule has 0 bridgehead atoms. The lowest BCUT2D eigenvalue weighted by Crippen LogP contribution is -2.29. The molecule has 9 heteroatoms. The number of carbonyl (C=O) groups excluding carboxylic acids is 1. The number of amides is 1. The van der Waals surface area contributed by atoms with Crippen LogP contribution in [0.25, 0.3) is 0 Å². The Morgan fingerprint density at radius 1 is 1.32 bits per heavy atom. The number of sulfonamides is 1. The third-order valence-corrected chi connectivity index (χ3v) is 4.75. The van der Waals surface area contributed by atoms with Crippen molar-refractivity contribution in [3.8, 4) is 0 Å². The molecule has 0 saturated heterocycles. The minimum absolute atomic E-state index is 0.0257. The molecule has 1 amide bonds. The zero-order valence-electron chi connectivity index (χ0n) is 15.2. The van der Waals surface area contributed by atoms with Crippen LogP contribution in [0.5, 0.6) is 0 Å². The predicted octanol–water partition coefficient (Wildman–Crippen LogP) is 1.86. The van der Waals surface area contributed by atoms with Crippen LogP contribution in [0.1, 0.15) is 35.4 Å².